The Labute approximate surface area is 171 Å². The van der Waals surface area contributed by atoms with E-state index in [4.69, 9.17) is 4.74 Å². The summed E-state index contributed by atoms with van der Waals surface area (Å²) in [6.45, 7) is 2.97. The lowest BCUT2D eigenvalue weighted by atomic mass is 10.1. The van der Waals surface area contributed by atoms with Crippen molar-refractivity contribution in [3.63, 3.8) is 0 Å². The number of carbonyl (C=O) groups is 3. The van der Waals surface area contributed by atoms with Crippen LogP contribution in [0.3, 0.4) is 0 Å². The molecular formula is C21H19N3O4S. The zero-order valence-corrected chi connectivity index (χ0v) is 16.7. The van der Waals surface area contributed by atoms with Gasteiger partial charge >= 0.3 is 5.97 Å². The number of ketones is 1. The predicted octanol–water partition coefficient (Wildman–Crippen LogP) is 3.52. The molecule has 0 aliphatic heterocycles. The van der Waals surface area contributed by atoms with Crippen LogP contribution in [-0.4, -0.2) is 33.7 Å². The molecule has 2 aromatic heterocycles. The maximum absolute atomic E-state index is 12.2. The van der Waals surface area contributed by atoms with Crippen molar-refractivity contribution in [2.24, 2.45) is 0 Å². The third kappa shape index (κ3) is 5.55. The lowest BCUT2D eigenvalue weighted by Crippen LogP contribution is -2.30. The number of nitrogens with zero attached hydrogens (tertiary/aromatic N) is 2. The van der Waals surface area contributed by atoms with E-state index in [1.807, 2.05) is 18.2 Å². The molecule has 0 aliphatic carbocycles. The number of nitrogens with one attached hydrogen (secondary N) is 1. The van der Waals surface area contributed by atoms with E-state index in [1.54, 1.807) is 35.8 Å². The van der Waals surface area contributed by atoms with Crippen LogP contribution < -0.4 is 5.32 Å². The summed E-state index contributed by atoms with van der Waals surface area (Å²) in [7, 11) is 0. The smallest absolute Gasteiger partial charge is 0.312 e. The van der Waals surface area contributed by atoms with E-state index in [0.717, 1.165) is 5.69 Å². The summed E-state index contributed by atoms with van der Waals surface area (Å²) in [5, 5.41) is 5.14. The van der Waals surface area contributed by atoms with Crippen molar-refractivity contribution >= 4 is 34.7 Å². The second kappa shape index (κ2) is 9.20. The number of hydrogen-bond donors (Lipinski definition) is 1. The van der Waals surface area contributed by atoms with Gasteiger partial charge in [0.25, 0.3) is 5.91 Å². The Balaban J connectivity index is 1.53. The predicted molar refractivity (Wildman–Crippen MR) is 110 cm³/mol. The average Bonchev–Trinajstić information content (AvgIpc) is 3.17. The van der Waals surface area contributed by atoms with Gasteiger partial charge in [0, 0.05) is 22.8 Å². The van der Waals surface area contributed by atoms with E-state index in [1.165, 1.54) is 25.2 Å². The molecule has 7 nitrogen and oxygen atoms in total. The Kier molecular flexibility index (Phi) is 6.46. The molecule has 0 unspecified atom stereocenters. The van der Waals surface area contributed by atoms with Crippen LogP contribution in [0.1, 0.15) is 29.9 Å². The van der Waals surface area contributed by atoms with Crippen LogP contribution in [0.15, 0.2) is 54.0 Å². The number of benzene rings is 1. The molecule has 1 aromatic carbocycles. The van der Waals surface area contributed by atoms with Gasteiger partial charge < -0.3 is 10.1 Å². The first-order valence-corrected chi connectivity index (χ1v) is 9.77. The lowest BCUT2D eigenvalue weighted by Gasteiger charge is -2.13. The van der Waals surface area contributed by atoms with Crippen LogP contribution in [0.5, 0.6) is 0 Å². The first-order chi connectivity index (χ1) is 13.9. The molecule has 8 heteroatoms. The molecule has 0 spiro atoms. The van der Waals surface area contributed by atoms with Gasteiger partial charge in [-0.2, -0.15) is 0 Å². The Morgan fingerprint density at radius 3 is 2.55 bits per heavy atom. The normalized spacial score (nSPS) is 11.5. The number of amides is 1. The van der Waals surface area contributed by atoms with E-state index >= 15 is 0 Å². The largest absolute Gasteiger partial charge is 0.452 e. The number of hydrogen-bond acceptors (Lipinski definition) is 7. The van der Waals surface area contributed by atoms with Gasteiger partial charge in [0.2, 0.25) is 0 Å². The number of Topliss-reactive ketones (excluding diaryl/α,β-unsaturated/α-hetero) is 1. The Bertz CT molecular complexity index is 1020. The standard InChI is InChI=1S/C21H19N3O4S/c1-13(25)15-6-8-16(9-7-15)23-20(27)14(2)28-19(26)11-17-12-29-21(24-17)18-5-3-4-10-22-18/h3-10,12,14H,11H2,1-2H3,(H,23,27)/t14-/m1/s1. The van der Waals surface area contributed by atoms with Crippen molar-refractivity contribution in [1.29, 1.82) is 0 Å². The second-order valence-corrected chi connectivity index (χ2v) is 7.15. The van der Waals surface area contributed by atoms with Crippen molar-refractivity contribution in [3.05, 3.63) is 65.3 Å². The van der Waals surface area contributed by atoms with Crippen LogP contribution in [0.25, 0.3) is 10.7 Å². The molecule has 0 bridgehead atoms. The second-order valence-electron chi connectivity index (χ2n) is 6.29. The minimum Gasteiger partial charge on any atom is -0.452 e. The topological polar surface area (TPSA) is 98.2 Å². The summed E-state index contributed by atoms with van der Waals surface area (Å²) in [4.78, 5) is 44.3. The van der Waals surface area contributed by atoms with E-state index < -0.39 is 18.0 Å². The summed E-state index contributed by atoms with van der Waals surface area (Å²) in [5.41, 5.74) is 2.37. The summed E-state index contributed by atoms with van der Waals surface area (Å²) in [5.74, 6) is -1.06. The maximum Gasteiger partial charge on any atom is 0.312 e. The van der Waals surface area contributed by atoms with Crippen LogP contribution >= 0.6 is 11.3 Å². The highest BCUT2D eigenvalue weighted by molar-refractivity contribution is 7.13. The molecule has 0 fully saturated rings. The minimum absolute atomic E-state index is 0.0335. The van der Waals surface area contributed by atoms with Gasteiger partial charge in [-0.15, -0.1) is 11.3 Å². The maximum atomic E-state index is 12.2. The number of esters is 1. The van der Waals surface area contributed by atoms with Gasteiger partial charge in [-0.25, -0.2) is 4.98 Å². The highest BCUT2D eigenvalue weighted by atomic mass is 32.1. The highest BCUT2D eigenvalue weighted by Crippen LogP contribution is 2.21. The molecule has 1 N–H and O–H groups in total. The number of aromatic nitrogens is 2. The van der Waals surface area contributed by atoms with Crippen molar-refractivity contribution in [2.75, 3.05) is 5.32 Å². The molecular weight excluding hydrogens is 390 g/mol. The lowest BCUT2D eigenvalue weighted by molar-refractivity contribution is -0.152. The van der Waals surface area contributed by atoms with Crippen molar-refractivity contribution < 1.29 is 19.1 Å². The molecule has 0 aliphatic rings. The van der Waals surface area contributed by atoms with Gasteiger partial charge in [-0.05, 0) is 50.2 Å². The first kappa shape index (κ1) is 20.3. The number of pyridine rings is 1. The molecule has 3 rings (SSSR count). The van der Waals surface area contributed by atoms with E-state index in [2.05, 4.69) is 15.3 Å². The van der Waals surface area contributed by atoms with E-state index in [-0.39, 0.29) is 12.2 Å². The fraction of sp³-hybridized carbons (Fsp3) is 0.190. The van der Waals surface area contributed by atoms with Crippen LogP contribution in [-0.2, 0) is 20.7 Å². The molecule has 0 saturated carbocycles. The number of ether oxygens (including phenoxy) is 1. The number of rotatable bonds is 7. The molecule has 3 aromatic rings. The molecule has 0 saturated heterocycles. The van der Waals surface area contributed by atoms with E-state index in [9.17, 15) is 14.4 Å². The summed E-state index contributed by atoms with van der Waals surface area (Å²) < 4.78 is 5.21. The van der Waals surface area contributed by atoms with Crippen LogP contribution in [0.2, 0.25) is 0 Å². The fourth-order valence-corrected chi connectivity index (χ4v) is 3.26. The highest BCUT2D eigenvalue weighted by Gasteiger charge is 2.19. The zero-order valence-electron chi connectivity index (χ0n) is 15.9. The van der Waals surface area contributed by atoms with Crippen LogP contribution in [0, 0.1) is 0 Å². The van der Waals surface area contributed by atoms with Gasteiger partial charge in [0.15, 0.2) is 11.9 Å². The van der Waals surface area contributed by atoms with Crippen molar-refractivity contribution in [3.8, 4) is 10.7 Å². The third-order valence-corrected chi connectivity index (χ3v) is 4.91. The Hall–Kier alpha value is -3.39. The summed E-state index contributed by atoms with van der Waals surface area (Å²) in [6, 6.07) is 12.0. The third-order valence-electron chi connectivity index (χ3n) is 4.00. The Morgan fingerprint density at radius 1 is 1.14 bits per heavy atom. The average molecular weight is 409 g/mol. The first-order valence-electron chi connectivity index (χ1n) is 8.89. The number of anilines is 1. The van der Waals surface area contributed by atoms with Crippen LogP contribution in [0.4, 0.5) is 5.69 Å². The fourth-order valence-electron chi connectivity index (χ4n) is 2.47. The van der Waals surface area contributed by atoms with Gasteiger partial charge in [-0.3, -0.25) is 19.4 Å². The van der Waals surface area contributed by atoms with Gasteiger partial charge in [0.1, 0.15) is 5.01 Å². The van der Waals surface area contributed by atoms with E-state index in [0.29, 0.717) is 22.0 Å². The molecule has 1 amide bonds. The monoisotopic (exact) mass is 409 g/mol. The minimum atomic E-state index is -0.969. The summed E-state index contributed by atoms with van der Waals surface area (Å²) in [6.07, 6.45) is 0.677. The number of carbonyl (C=O) groups excluding carboxylic acids is 3. The summed E-state index contributed by atoms with van der Waals surface area (Å²) >= 11 is 1.39. The number of thiazole rings is 1. The van der Waals surface area contributed by atoms with Gasteiger partial charge in [-0.1, -0.05) is 6.07 Å². The molecule has 148 valence electrons. The quantitative estimate of drug-likeness (QED) is 0.474. The molecule has 2 heterocycles. The van der Waals surface area contributed by atoms with Crippen molar-refractivity contribution in [1.82, 2.24) is 9.97 Å². The molecule has 0 radical (unpaired) electrons. The SMILES string of the molecule is CC(=O)c1ccc(NC(=O)[C@@H](C)OC(=O)Cc2csc(-c3ccccn3)n2)cc1. The van der Waals surface area contributed by atoms with Gasteiger partial charge in [0.05, 0.1) is 17.8 Å². The van der Waals surface area contributed by atoms with Crippen molar-refractivity contribution in [2.45, 2.75) is 26.4 Å². The molecule has 29 heavy (non-hydrogen) atoms. The molecule has 1 atom stereocenters. The Morgan fingerprint density at radius 2 is 1.90 bits per heavy atom. The zero-order chi connectivity index (χ0) is 20.8.